The third kappa shape index (κ3) is 3.76. The first-order chi connectivity index (χ1) is 12.3. The van der Waals surface area contributed by atoms with Gasteiger partial charge in [0, 0.05) is 18.2 Å². The van der Waals surface area contributed by atoms with Crippen molar-refractivity contribution in [1.82, 2.24) is 9.62 Å². The van der Waals surface area contributed by atoms with Crippen LogP contribution in [0.2, 0.25) is 0 Å². The molecule has 3 rings (SSSR count). The molecule has 7 nitrogen and oxygen atoms in total. The van der Waals surface area contributed by atoms with E-state index in [0.29, 0.717) is 24.9 Å². The monoisotopic (exact) mass is 380 g/mol. The summed E-state index contributed by atoms with van der Waals surface area (Å²) in [5, 5.41) is 9.27. The van der Waals surface area contributed by atoms with E-state index in [9.17, 15) is 23.1 Å². The van der Waals surface area contributed by atoms with E-state index in [2.05, 4.69) is 4.72 Å². The zero-order valence-electron chi connectivity index (χ0n) is 14.8. The van der Waals surface area contributed by atoms with E-state index in [4.69, 9.17) is 0 Å². The predicted octanol–water partition coefficient (Wildman–Crippen LogP) is 1.91. The Morgan fingerprint density at radius 2 is 1.85 bits per heavy atom. The lowest BCUT2D eigenvalue weighted by molar-refractivity contribution is -0.141. The number of hydrogen-bond acceptors (Lipinski definition) is 4. The van der Waals surface area contributed by atoms with Crippen LogP contribution in [0.1, 0.15) is 54.4 Å². The molecule has 8 heteroatoms. The van der Waals surface area contributed by atoms with Crippen molar-refractivity contribution in [3.63, 3.8) is 0 Å². The number of amides is 1. The third-order valence-corrected chi connectivity index (χ3v) is 6.86. The van der Waals surface area contributed by atoms with E-state index in [1.165, 1.54) is 11.0 Å². The molecule has 1 aromatic carbocycles. The van der Waals surface area contributed by atoms with Crippen molar-refractivity contribution in [2.75, 3.05) is 6.54 Å². The third-order valence-electron chi connectivity index (χ3n) is 5.20. The van der Waals surface area contributed by atoms with Crippen LogP contribution in [0, 0.1) is 6.92 Å². The van der Waals surface area contributed by atoms with Crippen molar-refractivity contribution >= 4 is 21.9 Å². The van der Waals surface area contributed by atoms with E-state index in [1.54, 1.807) is 19.1 Å². The van der Waals surface area contributed by atoms with Gasteiger partial charge in [-0.25, -0.2) is 17.9 Å². The summed E-state index contributed by atoms with van der Waals surface area (Å²) in [6.45, 7) is 2.06. The second-order valence-corrected chi connectivity index (χ2v) is 8.76. The van der Waals surface area contributed by atoms with E-state index in [1.807, 2.05) is 0 Å². The first kappa shape index (κ1) is 18.8. The van der Waals surface area contributed by atoms with Gasteiger partial charge in [-0.2, -0.15) is 0 Å². The van der Waals surface area contributed by atoms with Crippen molar-refractivity contribution < 1.29 is 23.1 Å². The van der Waals surface area contributed by atoms with Crippen LogP contribution in [0.25, 0.3) is 0 Å². The fourth-order valence-electron chi connectivity index (χ4n) is 3.78. The molecule has 1 saturated carbocycles. The highest BCUT2D eigenvalue weighted by Crippen LogP contribution is 2.25. The minimum absolute atomic E-state index is 0.0614. The molecule has 0 radical (unpaired) electrons. The molecule has 142 valence electrons. The number of rotatable bonds is 5. The number of carboxylic acids is 1. The number of nitrogens with one attached hydrogen (secondary N) is 1. The van der Waals surface area contributed by atoms with Gasteiger partial charge < -0.3 is 10.0 Å². The molecule has 1 heterocycles. The lowest BCUT2D eigenvalue weighted by Gasteiger charge is -2.22. The van der Waals surface area contributed by atoms with E-state index >= 15 is 0 Å². The summed E-state index contributed by atoms with van der Waals surface area (Å²) in [4.78, 5) is 25.5. The van der Waals surface area contributed by atoms with Crippen molar-refractivity contribution in [3.8, 4) is 0 Å². The van der Waals surface area contributed by atoms with Crippen molar-refractivity contribution in [3.05, 3.63) is 29.3 Å². The van der Waals surface area contributed by atoms with Gasteiger partial charge in [0.1, 0.15) is 6.04 Å². The summed E-state index contributed by atoms with van der Waals surface area (Å²) in [5.41, 5.74) is 0.763. The fraction of sp³-hybridized carbons (Fsp3) is 0.556. The zero-order chi connectivity index (χ0) is 18.9. The van der Waals surface area contributed by atoms with Crippen LogP contribution in [0.15, 0.2) is 23.1 Å². The average molecular weight is 380 g/mol. The van der Waals surface area contributed by atoms with Gasteiger partial charge in [-0.1, -0.05) is 18.9 Å². The molecule has 1 unspecified atom stereocenters. The molecule has 2 fully saturated rings. The molecule has 26 heavy (non-hydrogen) atoms. The largest absolute Gasteiger partial charge is 0.480 e. The van der Waals surface area contributed by atoms with Gasteiger partial charge in [0.15, 0.2) is 0 Å². The fourth-order valence-corrected chi connectivity index (χ4v) is 5.36. The molecule has 1 aromatic rings. The molecule has 1 atom stereocenters. The number of aryl methyl sites for hydroxylation is 1. The van der Waals surface area contributed by atoms with Gasteiger partial charge in [-0.15, -0.1) is 0 Å². The lowest BCUT2D eigenvalue weighted by atomic mass is 10.1. The number of carbonyl (C=O) groups is 2. The van der Waals surface area contributed by atoms with Gasteiger partial charge in [-0.05, 0) is 50.3 Å². The zero-order valence-corrected chi connectivity index (χ0v) is 15.6. The van der Waals surface area contributed by atoms with Crippen LogP contribution in [-0.2, 0) is 14.8 Å². The quantitative estimate of drug-likeness (QED) is 0.812. The van der Waals surface area contributed by atoms with Crippen LogP contribution in [0.4, 0.5) is 0 Å². The molecule has 1 aliphatic heterocycles. The minimum Gasteiger partial charge on any atom is -0.480 e. The Morgan fingerprint density at radius 3 is 2.50 bits per heavy atom. The number of nitrogens with zero attached hydrogens (tertiary/aromatic N) is 1. The molecule has 1 amide bonds. The van der Waals surface area contributed by atoms with Crippen LogP contribution < -0.4 is 4.72 Å². The maximum Gasteiger partial charge on any atom is 0.326 e. The van der Waals surface area contributed by atoms with Crippen molar-refractivity contribution in [2.24, 2.45) is 0 Å². The number of hydrogen-bond donors (Lipinski definition) is 2. The minimum atomic E-state index is -3.72. The summed E-state index contributed by atoms with van der Waals surface area (Å²) >= 11 is 0. The number of likely N-dealkylation sites (tertiary alicyclic amines) is 1. The molecular formula is C18H24N2O5S. The lowest BCUT2D eigenvalue weighted by Crippen LogP contribution is -2.40. The SMILES string of the molecule is Cc1ccc(C(=O)N2CCCC2C(=O)O)cc1S(=O)(=O)NC1CCCC1. The number of sulfonamides is 1. The molecule has 1 aliphatic carbocycles. The number of benzene rings is 1. The van der Waals surface area contributed by atoms with Gasteiger partial charge >= 0.3 is 5.97 Å². The van der Waals surface area contributed by atoms with Crippen LogP contribution >= 0.6 is 0 Å². The van der Waals surface area contributed by atoms with Crippen molar-refractivity contribution in [2.45, 2.75) is 62.4 Å². The number of carboxylic acid groups (broad SMARTS) is 1. The first-order valence-electron chi connectivity index (χ1n) is 8.96. The second kappa shape index (κ2) is 7.36. The molecule has 0 spiro atoms. The average Bonchev–Trinajstić information content (AvgIpc) is 3.25. The Balaban J connectivity index is 1.87. The summed E-state index contributed by atoms with van der Waals surface area (Å²) < 4.78 is 28.2. The maximum absolute atomic E-state index is 12.7. The summed E-state index contributed by atoms with van der Waals surface area (Å²) in [6.07, 6.45) is 4.71. The summed E-state index contributed by atoms with van der Waals surface area (Å²) in [7, 11) is -3.72. The van der Waals surface area contributed by atoms with Gasteiger partial charge in [0.05, 0.1) is 4.90 Å². The molecule has 0 bridgehead atoms. The van der Waals surface area contributed by atoms with E-state index in [-0.39, 0.29) is 16.5 Å². The molecule has 0 aromatic heterocycles. The molecule has 2 N–H and O–H groups in total. The number of aliphatic carboxylic acids is 1. The highest BCUT2D eigenvalue weighted by Gasteiger charge is 2.35. The predicted molar refractivity (Wildman–Crippen MR) is 95.5 cm³/mol. The van der Waals surface area contributed by atoms with Crippen LogP contribution in [0.5, 0.6) is 0 Å². The highest BCUT2D eigenvalue weighted by molar-refractivity contribution is 7.89. The Labute approximate surface area is 153 Å². The van der Waals surface area contributed by atoms with E-state index in [0.717, 1.165) is 25.7 Å². The topological polar surface area (TPSA) is 104 Å². The van der Waals surface area contributed by atoms with Crippen LogP contribution in [-0.4, -0.2) is 48.9 Å². The van der Waals surface area contributed by atoms with Crippen molar-refractivity contribution in [1.29, 1.82) is 0 Å². The van der Waals surface area contributed by atoms with Gasteiger partial charge in [0.2, 0.25) is 10.0 Å². The molecule has 2 aliphatic rings. The maximum atomic E-state index is 12.7. The number of carbonyl (C=O) groups excluding carboxylic acids is 1. The molecule has 1 saturated heterocycles. The summed E-state index contributed by atoms with van der Waals surface area (Å²) in [5.74, 6) is -1.47. The standard InChI is InChI=1S/C18H24N2O5S/c1-12-8-9-13(17(21)20-10-4-7-15(20)18(22)23)11-16(12)26(24,25)19-14-5-2-3-6-14/h8-9,11,14-15,19H,2-7,10H2,1H3,(H,22,23). The second-order valence-electron chi connectivity index (χ2n) is 7.08. The Bertz CT molecular complexity index is 815. The Morgan fingerprint density at radius 1 is 1.15 bits per heavy atom. The first-order valence-corrected chi connectivity index (χ1v) is 10.4. The smallest absolute Gasteiger partial charge is 0.326 e. The normalized spacial score (nSPS) is 21.3. The van der Waals surface area contributed by atoms with Crippen LogP contribution in [0.3, 0.4) is 0 Å². The van der Waals surface area contributed by atoms with Gasteiger partial charge in [-0.3, -0.25) is 4.79 Å². The highest BCUT2D eigenvalue weighted by atomic mass is 32.2. The van der Waals surface area contributed by atoms with E-state index < -0.39 is 27.9 Å². The molecular weight excluding hydrogens is 356 g/mol. The summed E-state index contributed by atoms with van der Waals surface area (Å²) in [6, 6.07) is 3.62. The Kier molecular flexibility index (Phi) is 5.34. The van der Waals surface area contributed by atoms with Gasteiger partial charge in [0.25, 0.3) is 5.91 Å². The Hall–Kier alpha value is -1.93.